The Kier molecular flexibility index (Phi) is 4.83. The predicted molar refractivity (Wildman–Crippen MR) is 83.7 cm³/mol. The summed E-state index contributed by atoms with van der Waals surface area (Å²) in [6.45, 7) is 8.50. The number of hydrogen-bond acceptors (Lipinski definition) is 3. The third kappa shape index (κ3) is 3.22. The number of halogens is 1. The van der Waals surface area contributed by atoms with Gasteiger partial charge in [0, 0.05) is 40.9 Å². The Morgan fingerprint density at radius 1 is 1.30 bits per heavy atom. The Morgan fingerprint density at radius 2 is 2.05 bits per heavy atom. The maximum absolute atomic E-state index is 9.85. The zero-order chi connectivity index (χ0) is 14.7. The van der Waals surface area contributed by atoms with Crippen molar-refractivity contribution in [3.8, 4) is 5.75 Å². The standard InChI is InChI=1S/C15H20BrN3O/c1-4-19-11(3)14(10(2)18-19)9-17-8-12-5-6-13(16)7-15(12)20/h5-7,17,20H,4,8-9H2,1-3H3. The van der Waals surface area contributed by atoms with E-state index >= 15 is 0 Å². The highest BCUT2D eigenvalue weighted by atomic mass is 79.9. The van der Waals surface area contributed by atoms with Crippen molar-refractivity contribution in [2.45, 2.75) is 40.4 Å². The van der Waals surface area contributed by atoms with Gasteiger partial charge in [0.2, 0.25) is 0 Å². The minimum Gasteiger partial charge on any atom is -0.508 e. The van der Waals surface area contributed by atoms with E-state index in [1.165, 1.54) is 11.3 Å². The SMILES string of the molecule is CCn1nc(C)c(CNCc2ccc(Br)cc2O)c1C. The van der Waals surface area contributed by atoms with Crippen LogP contribution in [0.3, 0.4) is 0 Å². The molecule has 2 aromatic rings. The molecule has 0 fully saturated rings. The number of rotatable bonds is 5. The van der Waals surface area contributed by atoms with Crippen LogP contribution in [-0.2, 0) is 19.6 Å². The molecule has 0 aliphatic heterocycles. The lowest BCUT2D eigenvalue weighted by atomic mass is 10.1. The van der Waals surface area contributed by atoms with Crippen molar-refractivity contribution < 1.29 is 5.11 Å². The number of nitrogens with zero attached hydrogens (tertiary/aromatic N) is 2. The second-order valence-corrected chi connectivity index (χ2v) is 5.76. The van der Waals surface area contributed by atoms with Crippen molar-refractivity contribution in [1.29, 1.82) is 0 Å². The monoisotopic (exact) mass is 337 g/mol. The third-order valence-corrected chi connectivity index (χ3v) is 3.99. The molecule has 0 amide bonds. The van der Waals surface area contributed by atoms with Crippen LogP contribution < -0.4 is 5.32 Å². The van der Waals surface area contributed by atoms with Gasteiger partial charge in [-0.1, -0.05) is 22.0 Å². The molecule has 1 heterocycles. The number of phenolic OH excluding ortho intramolecular Hbond substituents is 1. The Bertz CT molecular complexity index is 607. The van der Waals surface area contributed by atoms with Gasteiger partial charge in [-0.15, -0.1) is 0 Å². The second-order valence-electron chi connectivity index (χ2n) is 4.84. The van der Waals surface area contributed by atoms with Gasteiger partial charge in [0.25, 0.3) is 0 Å². The van der Waals surface area contributed by atoms with Gasteiger partial charge in [-0.2, -0.15) is 5.10 Å². The number of benzene rings is 1. The molecule has 0 radical (unpaired) electrons. The van der Waals surface area contributed by atoms with Gasteiger partial charge in [0.1, 0.15) is 5.75 Å². The minimum absolute atomic E-state index is 0.310. The number of nitrogens with one attached hydrogen (secondary N) is 1. The Labute approximate surface area is 127 Å². The van der Waals surface area contributed by atoms with Gasteiger partial charge >= 0.3 is 0 Å². The van der Waals surface area contributed by atoms with Gasteiger partial charge in [0.05, 0.1) is 5.69 Å². The maximum Gasteiger partial charge on any atom is 0.121 e. The fourth-order valence-corrected chi connectivity index (χ4v) is 2.66. The molecule has 4 nitrogen and oxygen atoms in total. The lowest BCUT2D eigenvalue weighted by molar-refractivity contribution is 0.464. The molecule has 0 bridgehead atoms. The zero-order valence-corrected chi connectivity index (χ0v) is 13.7. The molecule has 108 valence electrons. The Morgan fingerprint density at radius 3 is 2.65 bits per heavy atom. The third-order valence-electron chi connectivity index (χ3n) is 3.50. The van der Waals surface area contributed by atoms with Crippen molar-refractivity contribution in [3.63, 3.8) is 0 Å². The van der Waals surface area contributed by atoms with E-state index in [2.05, 4.69) is 40.2 Å². The normalized spacial score (nSPS) is 11.0. The van der Waals surface area contributed by atoms with Crippen LogP contribution in [0, 0.1) is 13.8 Å². The van der Waals surface area contributed by atoms with Crippen molar-refractivity contribution in [1.82, 2.24) is 15.1 Å². The molecular weight excluding hydrogens is 318 g/mol. The van der Waals surface area contributed by atoms with Gasteiger partial charge in [0.15, 0.2) is 0 Å². The van der Waals surface area contributed by atoms with Crippen molar-refractivity contribution in [2.75, 3.05) is 0 Å². The summed E-state index contributed by atoms with van der Waals surface area (Å²) in [5, 5.41) is 17.7. The van der Waals surface area contributed by atoms with Crippen LogP contribution in [0.2, 0.25) is 0 Å². The predicted octanol–water partition coefficient (Wildman–Crippen LogP) is 3.28. The van der Waals surface area contributed by atoms with Gasteiger partial charge < -0.3 is 10.4 Å². The largest absolute Gasteiger partial charge is 0.508 e. The van der Waals surface area contributed by atoms with Crippen LogP contribution in [0.1, 0.15) is 29.4 Å². The Balaban J connectivity index is 2.01. The van der Waals surface area contributed by atoms with Gasteiger partial charge in [-0.25, -0.2) is 0 Å². The fourth-order valence-electron chi connectivity index (χ4n) is 2.31. The summed E-state index contributed by atoms with van der Waals surface area (Å²) >= 11 is 3.34. The molecule has 1 aromatic heterocycles. The highest BCUT2D eigenvalue weighted by Gasteiger charge is 2.10. The van der Waals surface area contributed by atoms with Gasteiger partial charge in [-0.3, -0.25) is 4.68 Å². The summed E-state index contributed by atoms with van der Waals surface area (Å²) in [5.41, 5.74) is 4.41. The molecule has 0 aliphatic rings. The van der Waals surface area contributed by atoms with E-state index < -0.39 is 0 Å². The number of hydrogen-bond donors (Lipinski definition) is 2. The van der Waals surface area contributed by atoms with Crippen LogP contribution in [0.25, 0.3) is 0 Å². The summed E-state index contributed by atoms with van der Waals surface area (Å²) < 4.78 is 2.90. The average Bonchev–Trinajstić information content (AvgIpc) is 2.68. The molecule has 2 N–H and O–H groups in total. The number of phenols is 1. The highest BCUT2D eigenvalue weighted by molar-refractivity contribution is 9.10. The molecule has 0 unspecified atom stereocenters. The molecule has 1 aromatic carbocycles. The van der Waals surface area contributed by atoms with E-state index in [-0.39, 0.29) is 0 Å². The maximum atomic E-state index is 9.85. The summed E-state index contributed by atoms with van der Waals surface area (Å²) in [6, 6.07) is 5.56. The van der Waals surface area contributed by atoms with Crippen LogP contribution in [0.5, 0.6) is 5.75 Å². The van der Waals surface area contributed by atoms with Crippen molar-refractivity contribution >= 4 is 15.9 Å². The first kappa shape index (κ1) is 15.1. The van der Waals surface area contributed by atoms with E-state index in [0.717, 1.165) is 28.8 Å². The molecule has 0 atom stereocenters. The minimum atomic E-state index is 0.310. The van der Waals surface area contributed by atoms with Crippen molar-refractivity contribution in [3.05, 3.63) is 45.2 Å². The molecule has 0 saturated heterocycles. The molecule has 2 rings (SSSR count). The summed E-state index contributed by atoms with van der Waals surface area (Å²) in [6.07, 6.45) is 0. The quantitative estimate of drug-likeness (QED) is 0.880. The number of aromatic hydroxyl groups is 1. The van der Waals surface area contributed by atoms with Crippen LogP contribution >= 0.6 is 15.9 Å². The average molecular weight is 338 g/mol. The number of aryl methyl sites for hydroxylation is 2. The molecule has 20 heavy (non-hydrogen) atoms. The van der Waals surface area contributed by atoms with Crippen molar-refractivity contribution in [2.24, 2.45) is 0 Å². The first-order valence-electron chi connectivity index (χ1n) is 6.74. The van der Waals surface area contributed by atoms with E-state index in [0.29, 0.717) is 12.3 Å². The van der Waals surface area contributed by atoms with E-state index in [1.54, 1.807) is 6.07 Å². The van der Waals surface area contributed by atoms with E-state index in [4.69, 9.17) is 0 Å². The lowest BCUT2D eigenvalue weighted by Gasteiger charge is -2.08. The lowest BCUT2D eigenvalue weighted by Crippen LogP contribution is -2.14. The molecule has 5 heteroatoms. The highest BCUT2D eigenvalue weighted by Crippen LogP contribution is 2.22. The fraction of sp³-hybridized carbons (Fsp3) is 0.400. The van der Waals surface area contributed by atoms with Crippen LogP contribution in [0.4, 0.5) is 0 Å². The summed E-state index contributed by atoms with van der Waals surface area (Å²) in [5.74, 6) is 0.310. The first-order valence-corrected chi connectivity index (χ1v) is 7.53. The van der Waals surface area contributed by atoms with E-state index in [9.17, 15) is 5.11 Å². The van der Waals surface area contributed by atoms with Crippen LogP contribution in [-0.4, -0.2) is 14.9 Å². The number of aromatic nitrogens is 2. The Hall–Kier alpha value is -1.33. The second kappa shape index (κ2) is 6.41. The van der Waals surface area contributed by atoms with Gasteiger partial charge in [-0.05, 0) is 32.9 Å². The van der Waals surface area contributed by atoms with E-state index in [1.807, 2.05) is 23.7 Å². The summed E-state index contributed by atoms with van der Waals surface area (Å²) in [7, 11) is 0. The smallest absolute Gasteiger partial charge is 0.121 e. The molecule has 0 spiro atoms. The molecular formula is C15H20BrN3O. The molecule has 0 aliphatic carbocycles. The first-order chi connectivity index (χ1) is 9.52. The zero-order valence-electron chi connectivity index (χ0n) is 12.1. The molecule has 0 saturated carbocycles. The topological polar surface area (TPSA) is 50.1 Å². The summed E-state index contributed by atoms with van der Waals surface area (Å²) in [4.78, 5) is 0. The van der Waals surface area contributed by atoms with Crippen LogP contribution in [0.15, 0.2) is 22.7 Å².